The summed E-state index contributed by atoms with van der Waals surface area (Å²) in [5, 5.41) is 12.5. The first-order valence-electron chi connectivity index (χ1n) is 5.66. The molecule has 3 N–H and O–H groups in total. The standard InChI is InChI=1S/C10H17N5O/c16-10(2-1-8-3-4-11-5-8)12-6-9-13-7-14-15-9/h7-8,11H,1-6H2,(H,12,16)(H,13,14,15). The maximum absolute atomic E-state index is 11.5. The van der Waals surface area contributed by atoms with Crippen LogP contribution in [0.3, 0.4) is 0 Å². The van der Waals surface area contributed by atoms with E-state index >= 15 is 0 Å². The SMILES string of the molecule is O=C(CCC1CCNC1)NCc1ncn[nH]1. The van der Waals surface area contributed by atoms with E-state index in [0.29, 0.717) is 24.7 Å². The number of aromatic nitrogens is 3. The Labute approximate surface area is 94.2 Å². The number of nitrogens with one attached hydrogen (secondary N) is 3. The molecule has 6 nitrogen and oxygen atoms in total. The molecular weight excluding hydrogens is 206 g/mol. The van der Waals surface area contributed by atoms with Crippen molar-refractivity contribution in [2.24, 2.45) is 5.92 Å². The first kappa shape index (κ1) is 11.1. The van der Waals surface area contributed by atoms with E-state index in [1.807, 2.05) is 0 Å². The van der Waals surface area contributed by atoms with Crippen molar-refractivity contribution in [1.29, 1.82) is 0 Å². The summed E-state index contributed by atoms with van der Waals surface area (Å²) >= 11 is 0. The molecule has 1 saturated heterocycles. The summed E-state index contributed by atoms with van der Waals surface area (Å²) in [5.41, 5.74) is 0. The maximum atomic E-state index is 11.5. The quantitative estimate of drug-likeness (QED) is 0.646. The van der Waals surface area contributed by atoms with Crippen LogP contribution in [0.25, 0.3) is 0 Å². The summed E-state index contributed by atoms with van der Waals surface area (Å²) in [5.74, 6) is 1.44. The van der Waals surface area contributed by atoms with E-state index in [-0.39, 0.29) is 5.91 Å². The van der Waals surface area contributed by atoms with E-state index in [0.717, 1.165) is 19.5 Å². The lowest BCUT2D eigenvalue weighted by Crippen LogP contribution is -2.24. The van der Waals surface area contributed by atoms with Gasteiger partial charge in [0.2, 0.25) is 5.91 Å². The van der Waals surface area contributed by atoms with Crippen LogP contribution in [0.1, 0.15) is 25.1 Å². The molecule has 1 atom stereocenters. The minimum absolute atomic E-state index is 0.0864. The third-order valence-electron chi connectivity index (χ3n) is 2.86. The van der Waals surface area contributed by atoms with E-state index in [1.165, 1.54) is 12.7 Å². The Kier molecular flexibility index (Phi) is 3.87. The molecule has 2 rings (SSSR count). The molecule has 6 heteroatoms. The highest BCUT2D eigenvalue weighted by Gasteiger charge is 2.15. The van der Waals surface area contributed by atoms with Crippen LogP contribution in [0.2, 0.25) is 0 Å². The zero-order valence-corrected chi connectivity index (χ0v) is 9.20. The summed E-state index contributed by atoms with van der Waals surface area (Å²) < 4.78 is 0. The number of hydrogen-bond acceptors (Lipinski definition) is 4. The zero-order chi connectivity index (χ0) is 11.2. The van der Waals surface area contributed by atoms with Gasteiger partial charge in [0.05, 0.1) is 6.54 Å². The molecule has 88 valence electrons. The van der Waals surface area contributed by atoms with Crippen molar-refractivity contribution in [2.45, 2.75) is 25.8 Å². The van der Waals surface area contributed by atoms with Crippen LogP contribution in [-0.4, -0.2) is 34.2 Å². The number of rotatable bonds is 5. The van der Waals surface area contributed by atoms with Crippen molar-refractivity contribution in [3.05, 3.63) is 12.2 Å². The number of hydrogen-bond donors (Lipinski definition) is 3. The van der Waals surface area contributed by atoms with Gasteiger partial charge in [-0.2, -0.15) is 5.10 Å². The van der Waals surface area contributed by atoms with Crippen molar-refractivity contribution in [2.75, 3.05) is 13.1 Å². The van der Waals surface area contributed by atoms with Gasteiger partial charge >= 0.3 is 0 Å². The van der Waals surface area contributed by atoms with Gasteiger partial charge < -0.3 is 10.6 Å². The summed E-state index contributed by atoms with van der Waals surface area (Å²) in [6, 6.07) is 0. The average Bonchev–Trinajstić information content (AvgIpc) is 2.96. The summed E-state index contributed by atoms with van der Waals surface area (Å²) in [4.78, 5) is 15.4. The van der Waals surface area contributed by atoms with Crippen LogP contribution in [-0.2, 0) is 11.3 Å². The predicted molar refractivity (Wildman–Crippen MR) is 58.4 cm³/mol. The fraction of sp³-hybridized carbons (Fsp3) is 0.700. The van der Waals surface area contributed by atoms with Gasteiger partial charge in [0.25, 0.3) is 0 Å². The largest absolute Gasteiger partial charge is 0.349 e. The molecule has 2 heterocycles. The van der Waals surface area contributed by atoms with Crippen molar-refractivity contribution in [3.8, 4) is 0 Å². The second-order valence-electron chi connectivity index (χ2n) is 4.11. The Balaban J connectivity index is 1.60. The molecule has 1 fully saturated rings. The Morgan fingerprint density at radius 2 is 2.56 bits per heavy atom. The molecule has 1 aliphatic rings. The summed E-state index contributed by atoms with van der Waals surface area (Å²) in [6.45, 7) is 2.57. The van der Waals surface area contributed by atoms with Crippen LogP contribution in [0.15, 0.2) is 6.33 Å². The van der Waals surface area contributed by atoms with Crippen LogP contribution in [0, 0.1) is 5.92 Å². The van der Waals surface area contributed by atoms with E-state index in [4.69, 9.17) is 0 Å². The molecule has 0 radical (unpaired) electrons. The van der Waals surface area contributed by atoms with Crippen LogP contribution < -0.4 is 10.6 Å². The Hall–Kier alpha value is -1.43. The Bertz CT molecular complexity index is 318. The normalized spacial score (nSPS) is 19.9. The van der Waals surface area contributed by atoms with Gasteiger partial charge in [0.1, 0.15) is 12.2 Å². The number of nitrogens with zero attached hydrogens (tertiary/aromatic N) is 2. The van der Waals surface area contributed by atoms with Gasteiger partial charge in [-0.25, -0.2) is 4.98 Å². The van der Waals surface area contributed by atoms with Crippen LogP contribution in [0.5, 0.6) is 0 Å². The highest BCUT2D eigenvalue weighted by atomic mass is 16.1. The second-order valence-corrected chi connectivity index (χ2v) is 4.11. The predicted octanol–water partition coefficient (Wildman–Crippen LogP) is -0.189. The van der Waals surface area contributed by atoms with E-state index in [9.17, 15) is 4.79 Å². The summed E-state index contributed by atoms with van der Waals surface area (Å²) in [7, 11) is 0. The van der Waals surface area contributed by atoms with Crippen molar-refractivity contribution >= 4 is 5.91 Å². The topological polar surface area (TPSA) is 82.7 Å². The number of H-pyrrole nitrogens is 1. The molecule has 0 spiro atoms. The Morgan fingerprint density at radius 3 is 3.25 bits per heavy atom. The van der Waals surface area contributed by atoms with Crippen molar-refractivity contribution < 1.29 is 4.79 Å². The van der Waals surface area contributed by atoms with Gasteiger partial charge in [0, 0.05) is 6.42 Å². The molecule has 1 aromatic heterocycles. The molecule has 1 amide bonds. The average molecular weight is 223 g/mol. The molecular formula is C10H17N5O. The lowest BCUT2D eigenvalue weighted by molar-refractivity contribution is -0.121. The number of carbonyl (C=O) groups is 1. The monoisotopic (exact) mass is 223 g/mol. The number of amides is 1. The van der Waals surface area contributed by atoms with Crippen LogP contribution in [0.4, 0.5) is 0 Å². The third kappa shape index (κ3) is 3.30. The van der Waals surface area contributed by atoms with Gasteiger partial charge in [-0.05, 0) is 31.8 Å². The van der Waals surface area contributed by atoms with E-state index < -0.39 is 0 Å². The number of carbonyl (C=O) groups excluding carboxylic acids is 1. The third-order valence-corrected chi connectivity index (χ3v) is 2.86. The Morgan fingerprint density at radius 1 is 1.62 bits per heavy atom. The van der Waals surface area contributed by atoms with Gasteiger partial charge in [-0.3, -0.25) is 9.89 Å². The summed E-state index contributed by atoms with van der Waals surface area (Å²) in [6.07, 6.45) is 4.19. The second kappa shape index (κ2) is 5.60. The van der Waals surface area contributed by atoms with Gasteiger partial charge in [-0.1, -0.05) is 0 Å². The molecule has 0 saturated carbocycles. The van der Waals surface area contributed by atoms with Crippen molar-refractivity contribution in [1.82, 2.24) is 25.8 Å². The smallest absolute Gasteiger partial charge is 0.220 e. The van der Waals surface area contributed by atoms with Gasteiger partial charge in [-0.15, -0.1) is 0 Å². The zero-order valence-electron chi connectivity index (χ0n) is 9.20. The lowest BCUT2D eigenvalue weighted by Gasteiger charge is -2.07. The van der Waals surface area contributed by atoms with E-state index in [2.05, 4.69) is 25.8 Å². The molecule has 1 aliphatic heterocycles. The first-order valence-corrected chi connectivity index (χ1v) is 5.66. The van der Waals surface area contributed by atoms with Gasteiger partial charge in [0.15, 0.2) is 0 Å². The maximum Gasteiger partial charge on any atom is 0.220 e. The molecule has 1 unspecified atom stereocenters. The fourth-order valence-electron chi connectivity index (χ4n) is 1.88. The minimum atomic E-state index is 0.0864. The van der Waals surface area contributed by atoms with E-state index in [1.54, 1.807) is 0 Å². The lowest BCUT2D eigenvalue weighted by atomic mass is 10.0. The van der Waals surface area contributed by atoms with Crippen LogP contribution >= 0.6 is 0 Å². The molecule has 1 aromatic rings. The molecule has 16 heavy (non-hydrogen) atoms. The molecule has 0 aromatic carbocycles. The minimum Gasteiger partial charge on any atom is -0.349 e. The molecule has 0 bridgehead atoms. The first-order chi connectivity index (χ1) is 7.84. The highest BCUT2D eigenvalue weighted by molar-refractivity contribution is 5.75. The number of aromatic amines is 1. The highest BCUT2D eigenvalue weighted by Crippen LogP contribution is 2.13. The van der Waals surface area contributed by atoms with Crippen molar-refractivity contribution in [3.63, 3.8) is 0 Å². The fourth-order valence-corrected chi connectivity index (χ4v) is 1.88. The molecule has 0 aliphatic carbocycles.